The number of hydrogen-bond donors (Lipinski definition) is 1. The summed E-state index contributed by atoms with van der Waals surface area (Å²) in [6.07, 6.45) is 0. The lowest BCUT2D eigenvalue weighted by atomic mass is 9.92. The number of benzene rings is 3. The fraction of sp³-hybridized carbons (Fsp3) is 0.0909. The number of nitrogens with two attached hydrogens (primary N) is 1. The number of carbonyl (C=O) groups excluding carboxylic acids is 1. The van der Waals surface area contributed by atoms with Gasteiger partial charge in [0.15, 0.2) is 0 Å². The number of pyridine rings is 1. The molecule has 4 aromatic rings. The summed E-state index contributed by atoms with van der Waals surface area (Å²) in [6, 6.07) is 24.2. The van der Waals surface area contributed by atoms with Crippen LogP contribution in [0.1, 0.15) is 34.5 Å². The van der Waals surface area contributed by atoms with Crippen LogP contribution < -0.4 is 5.73 Å². The van der Waals surface area contributed by atoms with Crippen molar-refractivity contribution < 1.29 is 4.79 Å². The molecule has 0 radical (unpaired) electrons. The molecule has 0 aliphatic heterocycles. The van der Waals surface area contributed by atoms with Crippen molar-refractivity contribution in [2.75, 3.05) is 0 Å². The second-order valence-electron chi connectivity index (χ2n) is 6.30. The SMILES string of the molecule is CC(c1ccc2ccc(C(N)=O)cc2n1)c1cccc2ccccc12. The largest absolute Gasteiger partial charge is 0.366 e. The summed E-state index contributed by atoms with van der Waals surface area (Å²) >= 11 is 0. The van der Waals surface area contributed by atoms with Crippen molar-refractivity contribution in [3.8, 4) is 0 Å². The van der Waals surface area contributed by atoms with E-state index in [9.17, 15) is 4.79 Å². The van der Waals surface area contributed by atoms with E-state index < -0.39 is 5.91 Å². The van der Waals surface area contributed by atoms with Gasteiger partial charge in [0.25, 0.3) is 0 Å². The van der Waals surface area contributed by atoms with Crippen LogP contribution in [-0.4, -0.2) is 10.9 Å². The van der Waals surface area contributed by atoms with Gasteiger partial charge in [0.1, 0.15) is 0 Å². The van der Waals surface area contributed by atoms with Gasteiger partial charge in [-0.25, -0.2) is 0 Å². The Hall–Kier alpha value is -3.20. The van der Waals surface area contributed by atoms with E-state index in [4.69, 9.17) is 10.7 Å². The topological polar surface area (TPSA) is 56.0 Å². The second-order valence-corrected chi connectivity index (χ2v) is 6.30. The Balaban J connectivity index is 1.83. The van der Waals surface area contributed by atoms with E-state index >= 15 is 0 Å². The van der Waals surface area contributed by atoms with Crippen LogP contribution in [-0.2, 0) is 0 Å². The van der Waals surface area contributed by atoms with Crippen molar-refractivity contribution in [1.82, 2.24) is 4.98 Å². The van der Waals surface area contributed by atoms with Gasteiger partial charge in [-0.05, 0) is 34.5 Å². The zero-order chi connectivity index (χ0) is 17.4. The maximum atomic E-state index is 11.4. The van der Waals surface area contributed by atoms with Crippen LogP contribution in [0.15, 0.2) is 72.8 Å². The minimum absolute atomic E-state index is 0.146. The molecule has 2 N–H and O–H groups in total. The van der Waals surface area contributed by atoms with Crippen LogP contribution >= 0.6 is 0 Å². The van der Waals surface area contributed by atoms with Crippen LogP contribution in [0, 0.1) is 0 Å². The molecular weight excluding hydrogens is 308 g/mol. The molecule has 1 heterocycles. The Labute approximate surface area is 146 Å². The molecule has 1 unspecified atom stereocenters. The molecule has 1 amide bonds. The third kappa shape index (κ3) is 2.74. The van der Waals surface area contributed by atoms with Crippen molar-refractivity contribution >= 4 is 27.6 Å². The van der Waals surface area contributed by atoms with Gasteiger partial charge in [0.2, 0.25) is 5.91 Å². The average Bonchev–Trinajstić information content (AvgIpc) is 2.66. The summed E-state index contributed by atoms with van der Waals surface area (Å²) in [4.78, 5) is 16.2. The van der Waals surface area contributed by atoms with Crippen LogP contribution in [0.25, 0.3) is 21.7 Å². The third-order valence-corrected chi connectivity index (χ3v) is 4.73. The minimum Gasteiger partial charge on any atom is -0.366 e. The van der Waals surface area contributed by atoms with E-state index in [-0.39, 0.29) is 5.92 Å². The smallest absolute Gasteiger partial charge is 0.248 e. The molecule has 3 aromatic carbocycles. The molecule has 3 heteroatoms. The molecule has 0 saturated carbocycles. The summed E-state index contributed by atoms with van der Waals surface area (Å²) in [7, 11) is 0. The van der Waals surface area contributed by atoms with Gasteiger partial charge in [-0.15, -0.1) is 0 Å². The molecule has 25 heavy (non-hydrogen) atoms. The normalized spacial score (nSPS) is 12.4. The predicted molar refractivity (Wildman–Crippen MR) is 102 cm³/mol. The molecule has 0 aliphatic carbocycles. The second kappa shape index (κ2) is 6.02. The van der Waals surface area contributed by atoms with E-state index in [2.05, 4.69) is 55.5 Å². The van der Waals surface area contributed by atoms with Gasteiger partial charge >= 0.3 is 0 Å². The number of carbonyl (C=O) groups is 1. The minimum atomic E-state index is -0.434. The predicted octanol–water partition coefficient (Wildman–Crippen LogP) is 4.64. The molecule has 0 saturated heterocycles. The molecule has 0 fully saturated rings. The highest BCUT2D eigenvalue weighted by atomic mass is 16.1. The fourth-order valence-corrected chi connectivity index (χ4v) is 3.31. The molecular formula is C22H18N2O. The Morgan fingerprint density at radius 1 is 0.920 bits per heavy atom. The Kier molecular flexibility index (Phi) is 3.69. The summed E-state index contributed by atoms with van der Waals surface area (Å²) in [5.41, 5.74) is 8.89. The molecule has 1 aromatic heterocycles. The molecule has 1 atom stereocenters. The summed E-state index contributed by atoms with van der Waals surface area (Å²) < 4.78 is 0. The molecule has 0 spiro atoms. The van der Waals surface area contributed by atoms with Crippen molar-refractivity contribution in [2.24, 2.45) is 5.73 Å². The first kappa shape index (κ1) is 15.3. The van der Waals surface area contributed by atoms with Gasteiger partial charge < -0.3 is 5.73 Å². The number of amides is 1. The van der Waals surface area contributed by atoms with Crippen LogP contribution in [0.4, 0.5) is 0 Å². The molecule has 0 aliphatic rings. The molecule has 122 valence electrons. The lowest BCUT2D eigenvalue weighted by molar-refractivity contribution is 0.100. The van der Waals surface area contributed by atoms with Gasteiger partial charge in [-0.1, -0.05) is 61.5 Å². The first-order valence-corrected chi connectivity index (χ1v) is 8.31. The van der Waals surface area contributed by atoms with E-state index in [0.717, 1.165) is 16.6 Å². The first-order valence-electron chi connectivity index (χ1n) is 8.31. The molecule has 4 rings (SSSR count). The number of hydrogen-bond acceptors (Lipinski definition) is 2. The number of rotatable bonds is 3. The van der Waals surface area contributed by atoms with Crippen LogP contribution in [0.5, 0.6) is 0 Å². The highest BCUT2D eigenvalue weighted by Crippen LogP contribution is 2.30. The van der Waals surface area contributed by atoms with Crippen molar-refractivity contribution in [3.05, 3.63) is 89.6 Å². The quantitative estimate of drug-likeness (QED) is 0.596. The van der Waals surface area contributed by atoms with Crippen LogP contribution in [0.2, 0.25) is 0 Å². The zero-order valence-corrected chi connectivity index (χ0v) is 13.9. The van der Waals surface area contributed by atoms with Crippen molar-refractivity contribution in [1.29, 1.82) is 0 Å². The standard InChI is InChI=1S/C22H18N2O/c1-14(18-8-4-6-15-5-2-3-7-19(15)18)20-12-11-16-9-10-17(22(23)25)13-21(16)24-20/h2-14H,1H3,(H2,23,25). The number of fused-ring (bicyclic) bond motifs is 2. The van der Waals surface area contributed by atoms with Gasteiger partial charge in [0, 0.05) is 22.6 Å². The third-order valence-electron chi connectivity index (χ3n) is 4.73. The fourth-order valence-electron chi connectivity index (χ4n) is 3.31. The highest BCUT2D eigenvalue weighted by molar-refractivity contribution is 5.96. The van der Waals surface area contributed by atoms with E-state index in [1.807, 2.05) is 12.1 Å². The van der Waals surface area contributed by atoms with Crippen LogP contribution in [0.3, 0.4) is 0 Å². The van der Waals surface area contributed by atoms with E-state index in [1.54, 1.807) is 12.1 Å². The van der Waals surface area contributed by atoms with E-state index in [1.165, 1.54) is 16.3 Å². The lowest BCUT2D eigenvalue weighted by Gasteiger charge is -2.15. The number of nitrogens with zero attached hydrogens (tertiary/aromatic N) is 1. The Bertz CT molecular complexity index is 1100. The first-order chi connectivity index (χ1) is 12.1. The Morgan fingerprint density at radius 2 is 1.68 bits per heavy atom. The number of aromatic nitrogens is 1. The highest BCUT2D eigenvalue weighted by Gasteiger charge is 2.14. The summed E-state index contributed by atoms with van der Waals surface area (Å²) in [5.74, 6) is -0.288. The lowest BCUT2D eigenvalue weighted by Crippen LogP contribution is -2.10. The van der Waals surface area contributed by atoms with Crippen molar-refractivity contribution in [2.45, 2.75) is 12.8 Å². The van der Waals surface area contributed by atoms with Crippen molar-refractivity contribution in [3.63, 3.8) is 0 Å². The molecule has 3 nitrogen and oxygen atoms in total. The maximum Gasteiger partial charge on any atom is 0.248 e. The van der Waals surface area contributed by atoms with Gasteiger partial charge in [-0.3, -0.25) is 9.78 Å². The average molecular weight is 326 g/mol. The molecule has 0 bridgehead atoms. The van der Waals surface area contributed by atoms with Gasteiger partial charge in [0.05, 0.1) is 5.52 Å². The maximum absolute atomic E-state index is 11.4. The monoisotopic (exact) mass is 326 g/mol. The number of primary amides is 1. The summed E-state index contributed by atoms with van der Waals surface area (Å²) in [5, 5.41) is 3.47. The zero-order valence-electron chi connectivity index (χ0n) is 13.9. The summed E-state index contributed by atoms with van der Waals surface area (Å²) in [6.45, 7) is 2.16. The van der Waals surface area contributed by atoms with Gasteiger partial charge in [-0.2, -0.15) is 0 Å². The van der Waals surface area contributed by atoms with E-state index in [0.29, 0.717) is 5.56 Å². The Morgan fingerprint density at radius 3 is 2.52 bits per heavy atom.